The van der Waals surface area contributed by atoms with Crippen molar-refractivity contribution in [1.82, 2.24) is 25.2 Å². The van der Waals surface area contributed by atoms with Crippen molar-refractivity contribution >= 4 is 34.2 Å². The van der Waals surface area contributed by atoms with Crippen molar-refractivity contribution in [3.8, 4) is 22.8 Å². The molecule has 0 spiro atoms. The Morgan fingerprint density at radius 1 is 1.00 bits per heavy atom. The van der Waals surface area contributed by atoms with Gasteiger partial charge in [-0.25, -0.2) is 4.98 Å². The van der Waals surface area contributed by atoms with Crippen LogP contribution in [0.4, 0.5) is 11.4 Å². The van der Waals surface area contributed by atoms with Gasteiger partial charge in [-0.3, -0.25) is 19.6 Å². The Labute approximate surface area is 226 Å². The second-order valence-electron chi connectivity index (χ2n) is 9.14. The Bertz CT molecular complexity index is 1500. The van der Waals surface area contributed by atoms with E-state index in [1.54, 1.807) is 45.8 Å². The number of carbonyl (C=O) groups excluding carboxylic acids is 2. The Hall–Kier alpha value is -4.73. The van der Waals surface area contributed by atoms with Gasteiger partial charge in [0.05, 0.1) is 37.1 Å². The molecule has 39 heavy (non-hydrogen) atoms. The second-order valence-corrected chi connectivity index (χ2v) is 9.14. The summed E-state index contributed by atoms with van der Waals surface area (Å²) in [6.07, 6.45) is 4.75. The number of methoxy groups -OCH3 is 2. The molecule has 2 aromatic heterocycles. The van der Waals surface area contributed by atoms with Gasteiger partial charge in [0, 0.05) is 74.4 Å². The lowest BCUT2D eigenvalue weighted by molar-refractivity contribution is -0.127. The highest BCUT2D eigenvalue weighted by atomic mass is 16.5. The third-order valence-electron chi connectivity index (χ3n) is 6.77. The van der Waals surface area contributed by atoms with Gasteiger partial charge in [0.15, 0.2) is 0 Å². The molecule has 2 amide bonds. The minimum Gasteiger partial charge on any atom is -0.497 e. The molecule has 0 saturated carbocycles. The predicted octanol–water partition coefficient (Wildman–Crippen LogP) is 3.83. The van der Waals surface area contributed by atoms with Gasteiger partial charge in [-0.05, 0) is 36.8 Å². The van der Waals surface area contributed by atoms with E-state index in [-0.39, 0.29) is 11.8 Å². The Balaban J connectivity index is 1.54. The van der Waals surface area contributed by atoms with E-state index in [0.717, 1.165) is 35.4 Å². The number of benzene rings is 2. The Morgan fingerprint density at radius 2 is 1.79 bits per heavy atom. The van der Waals surface area contributed by atoms with Crippen LogP contribution in [0.25, 0.3) is 22.3 Å². The maximum Gasteiger partial charge on any atom is 0.269 e. The molecule has 200 valence electrons. The number of hydrogen-bond acceptors (Lipinski definition) is 8. The number of carbonyl (C=O) groups is 2. The van der Waals surface area contributed by atoms with E-state index in [4.69, 9.17) is 14.5 Å². The van der Waals surface area contributed by atoms with Crippen LogP contribution in [0.2, 0.25) is 0 Å². The zero-order valence-corrected chi connectivity index (χ0v) is 22.2. The van der Waals surface area contributed by atoms with Crippen molar-refractivity contribution in [1.29, 1.82) is 0 Å². The number of hydrogen-bond donors (Lipinski definition) is 1. The normalized spacial score (nSPS) is 13.0. The van der Waals surface area contributed by atoms with Crippen LogP contribution in [0.1, 0.15) is 23.3 Å². The number of anilines is 2. The van der Waals surface area contributed by atoms with E-state index in [2.05, 4.69) is 20.2 Å². The molecule has 3 heterocycles. The van der Waals surface area contributed by atoms with Gasteiger partial charge in [0.2, 0.25) is 5.91 Å². The maximum absolute atomic E-state index is 12.3. The van der Waals surface area contributed by atoms with Crippen LogP contribution < -0.4 is 19.7 Å². The van der Waals surface area contributed by atoms with E-state index in [9.17, 15) is 9.59 Å². The molecule has 4 aromatic rings. The molecule has 1 saturated heterocycles. The molecule has 5 rings (SSSR count). The summed E-state index contributed by atoms with van der Waals surface area (Å²) in [4.78, 5) is 42.0. The molecule has 0 unspecified atom stereocenters. The van der Waals surface area contributed by atoms with Crippen molar-refractivity contribution in [2.24, 2.45) is 0 Å². The maximum atomic E-state index is 12.3. The first-order valence-corrected chi connectivity index (χ1v) is 12.7. The fourth-order valence-corrected chi connectivity index (χ4v) is 4.67. The standard InChI is InChI=1S/C29H30N6O4/c1-30-29(37)26-13-19(8-9-31-26)27-18-32-24-7-6-20(16-25(24)33-27)35(12-11-34-10-4-5-28(34)36)21-14-22(38-2)17-23(15-21)39-3/h6-9,13-18H,4-5,10-12H2,1-3H3,(H,30,37). The Morgan fingerprint density at radius 3 is 2.49 bits per heavy atom. The summed E-state index contributed by atoms with van der Waals surface area (Å²) >= 11 is 0. The highest BCUT2D eigenvalue weighted by molar-refractivity contribution is 5.93. The summed E-state index contributed by atoms with van der Waals surface area (Å²) in [6, 6.07) is 15.1. The monoisotopic (exact) mass is 526 g/mol. The molecule has 2 aromatic carbocycles. The van der Waals surface area contributed by atoms with E-state index in [1.807, 2.05) is 41.3 Å². The van der Waals surface area contributed by atoms with Gasteiger partial charge in [-0.1, -0.05) is 0 Å². The highest BCUT2D eigenvalue weighted by Crippen LogP contribution is 2.34. The number of ether oxygens (including phenoxy) is 2. The Kier molecular flexibility index (Phi) is 7.53. The van der Waals surface area contributed by atoms with Gasteiger partial charge in [-0.15, -0.1) is 0 Å². The predicted molar refractivity (Wildman–Crippen MR) is 149 cm³/mol. The average Bonchev–Trinajstić information content (AvgIpc) is 3.40. The van der Waals surface area contributed by atoms with Crippen LogP contribution in [-0.2, 0) is 4.79 Å². The largest absolute Gasteiger partial charge is 0.497 e. The third-order valence-corrected chi connectivity index (χ3v) is 6.77. The number of pyridine rings is 1. The molecule has 1 aliphatic heterocycles. The van der Waals surface area contributed by atoms with Gasteiger partial charge in [0.25, 0.3) is 5.91 Å². The molecule has 0 atom stereocenters. The summed E-state index contributed by atoms with van der Waals surface area (Å²) in [5.41, 5.74) is 4.86. The van der Waals surface area contributed by atoms with Gasteiger partial charge in [0.1, 0.15) is 17.2 Å². The summed E-state index contributed by atoms with van der Waals surface area (Å²) < 4.78 is 11.0. The molecule has 10 heteroatoms. The molecule has 1 N–H and O–H groups in total. The zero-order valence-electron chi connectivity index (χ0n) is 22.2. The zero-order chi connectivity index (χ0) is 27.4. The number of rotatable bonds is 9. The topological polar surface area (TPSA) is 110 Å². The summed E-state index contributed by atoms with van der Waals surface area (Å²) in [7, 11) is 4.80. The number of aromatic nitrogens is 3. The number of nitrogens with zero attached hydrogens (tertiary/aromatic N) is 5. The third kappa shape index (κ3) is 5.59. The molecule has 0 aliphatic carbocycles. The van der Waals surface area contributed by atoms with Gasteiger partial charge in [-0.2, -0.15) is 0 Å². The van der Waals surface area contributed by atoms with E-state index < -0.39 is 0 Å². The minimum absolute atomic E-state index is 0.181. The SMILES string of the molecule is CNC(=O)c1cc(-c2cnc3ccc(N(CCN4CCCC4=O)c4cc(OC)cc(OC)c4)cc3n2)ccn1. The number of nitrogens with one attached hydrogen (secondary N) is 1. The van der Waals surface area contributed by atoms with Gasteiger partial charge < -0.3 is 24.6 Å². The summed E-state index contributed by atoms with van der Waals surface area (Å²) in [5, 5.41) is 2.59. The number of amides is 2. The molecule has 0 bridgehead atoms. The van der Waals surface area contributed by atoms with Crippen LogP contribution in [0.15, 0.2) is 60.9 Å². The van der Waals surface area contributed by atoms with Crippen LogP contribution in [-0.4, -0.2) is 72.6 Å². The first kappa shape index (κ1) is 25.9. The van der Waals surface area contributed by atoms with Crippen molar-refractivity contribution in [3.05, 3.63) is 66.6 Å². The van der Waals surface area contributed by atoms with Crippen molar-refractivity contribution in [2.45, 2.75) is 12.8 Å². The molecular weight excluding hydrogens is 496 g/mol. The molecule has 1 aliphatic rings. The highest BCUT2D eigenvalue weighted by Gasteiger charge is 2.22. The first-order valence-electron chi connectivity index (χ1n) is 12.7. The van der Waals surface area contributed by atoms with Crippen molar-refractivity contribution in [3.63, 3.8) is 0 Å². The molecule has 0 radical (unpaired) electrons. The van der Waals surface area contributed by atoms with Crippen molar-refractivity contribution < 1.29 is 19.1 Å². The molecular formula is C29H30N6O4. The molecule has 10 nitrogen and oxygen atoms in total. The fraction of sp³-hybridized carbons (Fsp3) is 0.276. The van der Waals surface area contributed by atoms with Crippen LogP contribution in [0.5, 0.6) is 11.5 Å². The average molecular weight is 527 g/mol. The van der Waals surface area contributed by atoms with Gasteiger partial charge >= 0.3 is 0 Å². The second kappa shape index (κ2) is 11.3. The quantitative estimate of drug-likeness (QED) is 0.351. The lowest BCUT2D eigenvalue weighted by Crippen LogP contribution is -2.33. The van der Waals surface area contributed by atoms with E-state index in [0.29, 0.717) is 47.9 Å². The lowest BCUT2D eigenvalue weighted by atomic mass is 10.1. The van der Waals surface area contributed by atoms with E-state index >= 15 is 0 Å². The van der Waals surface area contributed by atoms with E-state index in [1.165, 1.54) is 0 Å². The smallest absolute Gasteiger partial charge is 0.269 e. The lowest BCUT2D eigenvalue weighted by Gasteiger charge is -2.28. The summed E-state index contributed by atoms with van der Waals surface area (Å²) in [5.74, 6) is 1.24. The van der Waals surface area contributed by atoms with Crippen LogP contribution in [0.3, 0.4) is 0 Å². The fourth-order valence-electron chi connectivity index (χ4n) is 4.67. The number of likely N-dealkylation sites (tertiary alicyclic amines) is 1. The van der Waals surface area contributed by atoms with Crippen LogP contribution >= 0.6 is 0 Å². The number of fused-ring (bicyclic) bond motifs is 1. The van der Waals surface area contributed by atoms with Crippen LogP contribution in [0, 0.1) is 0 Å². The summed E-state index contributed by atoms with van der Waals surface area (Å²) in [6.45, 7) is 1.92. The molecule has 1 fully saturated rings. The van der Waals surface area contributed by atoms with Crippen molar-refractivity contribution in [2.75, 3.05) is 45.8 Å². The first-order chi connectivity index (χ1) is 19.0. The minimum atomic E-state index is -0.270.